The van der Waals surface area contributed by atoms with Crippen molar-refractivity contribution >= 4 is 15.9 Å². The van der Waals surface area contributed by atoms with Crippen molar-refractivity contribution in [3.63, 3.8) is 0 Å². The second-order valence-corrected chi connectivity index (χ2v) is 11.1. The zero-order valence-electron chi connectivity index (χ0n) is 19.4. The molecule has 2 atom stereocenters. The molecular weight excluding hydrogens is 451 g/mol. The van der Waals surface area contributed by atoms with Gasteiger partial charge in [-0.2, -0.15) is 13.1 Å². The summed E-state index contributed by atoms with van der Waals surface area (Å²) in [5.74, 6) is -0.441. The van der Waals surface area contributed by atoms with Gasteiger partial charge in [0.2, 0.25) is 0 Å². The highest BCUT2D eigenvalue weighted by Gasteiger charge is 2.52. The number of anilines is 1. The van der Waals surface area contributed by atoms with Crippen LogP contribution in [0.25, 0.3) is 11.1 Å². The van der Waals surface area contributed by atoms with E-state index in [2.05, 4.69) is 52.7 Å². The molecule has 5 rings (SSSR count). The van der Waals surface area contributed by atoms with Gasteiger partial charge in [0.25, 0.3) is 0 Å². The fourth-order valence-electron chi connectivity index (χ4n) is 5.40. The average Bonchev–Trinajstić information content (AvgIpc) is 3.06. The van der Waals surface area contributed by atoms with E-state index in [1.54, 1.807) is 18.3 Å². The van der Waals surface area contributed by atoms with E-state index >= 15 is 0 Å². The molecule has 2 aliphatic heterocycles. The highest BCUT2D eigenvalue weighted by molar-refractivity contribution is 7.91. The van der Waals surface area contributed by atoms with E-state index in [1.807, 2.05) is 12.3 Å². The van der Waals surface area contributed by atoms with E-state index in [0.29, 0.717) is 25.1 Å². The maximum atomic E-state index is 13.9. The first-order chi connectivity index (χ1) is 16.3. The zero-order chi connectivity index (χ0) is 23.9. The highest BCUT2D eigenvalue weighted by atomic mass is 32.2. The van der Waals surface area contributed by atoms with Crippen LogP contribution in [-0.2, 0) is 16.8 Å². The molecule has 2 aromatic carbocycles. The molecule has 3 aromatic rings. The van der Waals surface area contributed by atoms with Gasteiger partial charge in [0, 0.05) is 43.6 Å². The molecule has 3 heterocycles. The van der Waals surface area contributed by atoms with Gasteiger partial charge in [-0.25, -0.2) is 4.39 Å². The van der Waals surface area contributed by atoms with Gasteiger partial charge in [0.1, 0.15) is 5.82 Å². The molecule has 178 valence electrons. The molecule has 0 amide bonds. The van der Waals surface area contributed by atoms with Crippen LogP contribution in [0.1, 0.15) is 30.9 Å². The smallest absolute Gasteiger partial charge is 0.296 e. The van der Waals surface area contributed by atoms with Crippen LogP contribution in [0.3, 0.4) is 0 Å². The minimum Gasteiger partial charge on any atom is -0.296 e. The Bertz CT molecular complexity index is 1320. The third kappa shape index (κ3) is 4.21. The standard InChI is InChI=1S/C26H29FN4O2S/c1-19-9-11-28-16-25(19)22-6-3-5-21(13-22)17-30-12-10-26(15-20(30)2)18-29-34(32,33)31(26)24-8-4-7-23(27)14-24/h3-9,11,13-14,16,20,29H,10,12,15,17-18H2,1-2H3. The lowest BCUT2D eigenvalue weighted by atomic mass is 9.83. The number of nitrogens with zero attached hydrogens (tertiary/aromatic N) is 3. The fraction of sp³-hybridized carbons (Fsp3) is 0.346. The van der Waals surface area contributed by atoms with Crippen LogP contribution < -0.4 is 9.03 Å². The number of nitrogens with one attached hydrogen (secondary N) is 1. The number of hydrogen-bond acceptors (Lipinski definition) is 4. The second kappa shape index (κ2) is 8.76. The Hall–Kier alpha value is -2.81. The van der Waals surface area contributed by atoms with Crippen molar-refractivity contribution in [2.45, 2.75) is 44.8 Å². The zero-order valence-corrected chi connectivity index (χ0v) is 20.2. The van der Waals surface area contributed by atoms with Crippen LogP contribution in [0.2, 0.25) is 0 Å². The van der Waals surface area contributed by atoms with Crippen molar-refractivity contribution in [2.24, 2.45) is 0 Å². The minimum atomic E-state index is -3.71. The molecule has 2 aliphatic rings. The van der Waals surface area contributed by atoms with Gasteiger partial charge in [0.15, 0.2) is 0 Å². The topological polar surface area (TPSA) is 65.5 Å². The van der Waals surface area contributed by atoms with E-state index in [1.165, 1.54) is 27.6 Å². The Balaban J connectivity index is 1.36. The number of pyridine rings is 1. The number of rotatable bonds is 4. The minimum absolute atomic E-state index is 0.156. The fourth-order valence-corrected chi connectivity index (χ4v) is 7.11. The predicted octanol–water partition coefficient (Wildman–Crippen LogP) is 4.27. The Labute approximate surface area is 200 Å². The number of aromatic nitrogens is 1. The van der Waals surface area contributed by atoms with Gasteiger partial charge in [0.05, 0.1) is 11.2 Å². The largest absolute Gasteiger partial charge is 0.302 e. The molecule has 1 spiro atoms. The quantitative estimate of drug-likeness (QED) is 0.606. The number of likely N-dealkylation sites (tertiary alicyclic amines) is 1. The van der Waals surface area contributed by atoms with Gasteiger partial charge >= 0.3 is 10.2 Å². The van der Waals surface area contributed by atoms with Crippen LogP contribution in [0, 0.1) is 12.7 Å². The molecular formula is C26H29FN4O2S. The summed E-state index contributed by atoms with van der Waals surface area (Å²) in [6.07, 6.45) is 5.04. The van der Waals surface area contributed by atoms with E-state index in [9.17, 15) is 12.8 Å². The lowest BCUT2D eigenvalue weighted by Crippen LogP contribution is -2.57. The monoisotopic (exact) mass is 480 g/mol. The molecule has 0 radical (unpaired) electrons. The van der Waals surface area contributed by atoms with Gasteiger partial charge in [-0.15, -0.1) is 0 Å². The first-order valence-electron chi connectivity index (χ1n) is 11.6. The van der Waals surface area contributed by atoms with Crippen molar-refractivity contribution in [1.82, 2.24) is 14.6 Å². The Morgan fingerprint density at radius 3 is 2.76 bits per heavy atom. The van der Waals surface area contributed by atoms with Crippen molar-refractivity contribution in [3.8, 4) is 11.1 Å². The lowest BCUT2D eigenvalue weighted by molar-refractivity contribution is 0.106. The van der Waals surface area contributed by atoms with Gasteiger partial charge in [-0.05, 0) is 73.7 Å². The van der Waals surface area contributed by atoms with Crippen LogP contribution in [0.15, 0.2) is 67.0 Å². The van der Waals surface area contributed by atoms with E-state index in [0.717, 1.165) is 24.2 Å². The van der Waals surface area contributed by atoms with Crippen molar-refractivity contribution in [2.75, 3.05) is 17.4 Å². The van der Waals surface area contributed by atoms with E-state index in [4.69, 9.17) is 0 Å². The number of aryl methyl sites for hydroxylation is 1. The Morgan fingerprint density at radius 1 is 1.18 bits per heavy atom. The first kappa shape index (κ1) is 23.0. The van der Waals surface area contributed by atoms with Gasteiger partial charge in [-0.3, -0.25) is 14.2 Å². The van der Waals surface area contributed by atoms with Gasteiger partial charge in [-0.1, -0.05) is 24.3 Å². The summed E-state index contributed by atoms with van der Waals surface area (Å²) in [6, 6.07) is 16.6. The molecule has 2 saturated heterocycles. The SMILES string of the molecule is Cc1ccncc1-c1cccc(CN2CCC3(CNS(=O)(=O)N3c3cccc(F)c3)CC2C)c1. The summed E-state index contributed by atoms with van der Waals surface area (Å²) >= 11 is 0. The number of benzene rings is 2. The molecule has 1 aromatic heterocycles. The summed E-state index contributed by atoms with van der Waals surface area (Å²) in [6.45, 7) is 6.10. The molecule has 34 heavy (non-hydrogen) atoms. The van der Waals surface area contributed by atoms with Crippen molar-refractivity contribution < 1.29 is 12.8 Å². The molecule has 2 fully saturated rings. The number of halogens is 1. The van der Waals surface area contributed by atoms with Crippen molar-refractivity contribution in [3.05, 3.63) is 83.9 Å². The maximum Gasteiger partial charge on any atom is 0.302 e. The van der Waals surface area contributed by atoms with Crippen molar-refractivity contribution in [1.29, 1.82) is 0 Å². The molecule has 6 nitrogen and oxygen atoms in total. The van der Waals surface area contributed by atoms with E-state index < -0.39 is 21.6 Å². The predicted molar refractivity (Wildman–Crippen MR) is 132 cm³/mol. The summed E-state index contributed by atoms with van der Waals surface area (Å²) in [7, 11) is -3.71. The molecule has 0 saturated carbocycles. The summed E-state index contributed by atoms with van der Waals surface area (Å²) in [5, 5.41) is 0. The second-order valence-electron chi connectivity index (χ2n) is 9.46. The first-order valence-corrected chi connectivity index (χ1v) is 13.0. The van der Waals surface area contributed by atoms with E-state index in [-0.39, 0.29) is 6.04 Å². The third-order valence-electron chi connectivity index (χ3n) is 7.12. The summed E-state index contributed by atoms with van der Waals surface area (Å²) in [4.78, 5) is 6.67. The van der Waals surface area contributed by atoms with Crippen LogP contribution in [0.4, 0.5) is 10.1 Å². The Morgan fingerprint density at radius 2 is 2.00 bits per heavy atom. The molecule has 0 bridgehead atoms. The summed E-state index contributed by atoms with van der Waals surface area (Å²) < 4.78 is 43.8. The number of hydrogen-bond donors (Lipinski definition) is 1. The maximum absolute atomic E-state index is 13.9. The van der Waals surface area contributed by atoms with Crippen LogP contribution in [0.5, 0.6) is 0 Å². The van der Waals surface area contributed by atoms with Gasteiger partial charge < -0.3 is 0 Å². The van der Waals surface area contributed by atoms with Crippen LogP contribution >= 0.6 is 0 Å². The highest BCUT2D eigenvalue weighted by Crippen LogP contribution is 2.41. The number of piperidine rings is 1. The molecule has 0 aliphatic carbocycles. The molecule has 2 unspecified atom stereocenters. The molecule has 1 N–H and O–H groups in total. The normalized spacial score (nSPS) is 24.6. The Kier molecular flexibility index (Phi) is 5.91. The lowest BCUT2D eigenvalue weighted by Gasteiger charge is -2.47. The molecule has 8 heteroatoms. The third-order valence-corrected chi connectivity index (χ3v) is 8.71. The average molecular weight is 481 g/mol. The summed E-state index contributed by atoms with van der Waals surface area (Å²) in [5.41, 5.74) is 4.45. The van der Waals surface area contributed by atoms with Crippen LogP contribution in [-0.4, -0.2) is 43.0 Å².